The van der Waals surface area contributed by atoms with E-state index in [-0.39, 0.29) is 19.6 Å². The van der Waals surface area contributed by atoms with Crippen LogP contribution in [-0.2, 0) is 11.2 Å². The molecule has 1 atom stereocenters. The lowest BCUT2D eigenvalue weighted by Crippen LogP contribution is -2.45. The van der Waals surface area contributed by atoms with E-state index in [0.29, 0.717) is 12.8 Å². The minimum atomic E-state index is -0.889. The maximum atomic E-state index is 11.8. The Kier molecular flexibility index (Phi) is 5.99. The zero-order chi connectivity index (χ0) is 16.7. The molecular formula is C16H21N3O4. The number of hydrogen-bond donors (Lipinski definition) is 5. The Labute approximate surface area is 133 Å². The summed E-state index contributed by atoms with van der Waals surface area (Å²) in [6, 6.07) is 7.02. The molecule has 0 bridgehead atoms. The number of carboxylic acids is 1. The standard InChI is InChI=1S/C16H21N3O4/c20-10-12(19-16(23)17-7-3-6-15(21)22)8-11-9-18-14-5-2-1-4-13(11)14/h1-2,4-5,9,12,18,20H,3,6-8,10H2,(H,21,22)(H2,17,19,23). The maximum Gasteiger partial charge on any atom is 0.315 e. The third kappa shape index (κ3) is 5.00. The first kappa shape index (κ1) is 16.8. The number of rotatable bonds is 8. The number of carboxylic acid groups (broad SMARTS) is 1. The minimum absolute atomic E-state index is 0.0129. The molecule has 0 radical (unpaired) electrons. The Morgan fingerprint density at radius 2 is 2.04 bits per heavy atom. The molecule has 1 heterocycles. The highest BCUT2D eigenvalue weighted by molar-refractivity contribution is 5.83. The van der Waals surface area contributed by atoms with Gasteiger partial charge in [0.1, 0.15) is 0 Å². The monoisotopic (exact) mass is 319 g/mol. The predicted octanol–water partition coefficient (Wildman–Crippen LogP) is 1.24. The molecule has 0 saturated carbocycles. The molecule has 0 saturated heterocycles. The first-order valence-corrected chi connectivity index (χ1v) is 7.52. The highest BCUT2D eigenvalue weighted by Crippen LogP contribution is 2.18. The van der Waals surface area contributed by atoms with Gasteiger partial charge < -0.3 is 25.8 Å². The van der Waals surface area contributed by atoms with Crippen LogP contribution in [0.1, 0.15) is 18.4 Å². The number of carbonyl (C=O) groups excluding carboxylic acids is 1. The molecule has 7 heteroatoms. The van der Waals surface area contributed by atoms with Crippen LogP contribution in [0.2, 0.25) is 0 Å². The van der Waals surface area contributed by atoms with Crippen molar-refractivity contribution in [2.75, 3.05) is 13.2 Å². The van der Waals surface area contributed by atoms with Gasteiger partial charge in [-0.15, -0.1) is 0 Å². The molecule has 5 N–H and O–H groups in total. The van der Waals surface area contributed by atoms with E-state index in [1.165, 1.54) is 0 Å². The van der Waals surface area contributed by atoms with Crippen LogP contribution in [0.3, 0.4) is 0 Å². The molecular weight excluding hydrogens is 298 g/mol. The van der Waals surface area contributed by atoms with Crippen LogP contribution in [0.25, 0.3) is 10.9 Å². The number of nitrogens with one attached hydrogen (secondary N) is 3. The molecule has 2 amide bonds. The fraction of sp³-hybridized carbons (Fsp3) is 0.375. The number of aliphatic hydroxyl groups is 1. The number of aliphatic carboxylic acids is 1. The lowest BCUT2D eigenvalue weighted by molar-refractivity contribution is -0.137. The van der Waals surface area contributed by atoms with E-state index in [1.54, 1.807) is 0 Å². The van der Waals surface area contributed by atoms with Crippen molar-refractivity contribution in [2.24, 2.45) is 0 Å². The lowest BCUT2D eigenvalue weighted by atomic mass is 10.1. The Hall–Kier alpha value is -2.54. The number of hydrogen-bond acceptors (Lipinski definition) is 3. The summed E-state index contributed by atoms with van der Waals surface area (Å²) in [5.74, 6) is -0.889. The topological polar surface area (TPSA) is 114 Å². The van der Waals surface area contributed by atoms with E-state index in [2.05, 4.69) is 15.6 Å². The largest absolute Gasteiger partial charge is 0.481 e. The second-order valence-corrected chi connectivity index (χ2v) is 5.34. The minimum Gasteiger partial charge on any atom is -0.481 e. The van der Waals surface area contributed by atoms with Crippen molar-refractivity contribution in [3.05, 3.63) is 36.0 Å². The number of urea groups is 1. The molecule has 0 aliphatic heterocycles. The SMILES string of the molecule is O=C(O)CCCNC(=O)NC(CO)Cc1c[nH]c2ccccc12. The highest BCUT2D eigenvalue weighted by Gasteiger charge is 2.14. The van der Waals surface area contributed by atoms with E-state index in [1.807, 2.05) is 30.5 Å². The molecule has 1 aromatic heterocycles. The van der Waals surface area contributed by atoms with E-state index in [9.17, 15) is 14.7 Å². The van der Waals surface area contributed by atoms with Crippen LogP contribution < -0.4 is 10.6 Å². The number of aliphatic hydroxyl groups excluding tert-OH is 1. The molecule has 1 unspecified atom stereocenters. The predicted molar refractivity (Wildman–Crippen MR) is 86.3 cm³/mol. The number of amides is 2. The Morgan fingerprint density at radius 3 is 2.78 bits per heavy atom. The van der Waals surface area contributed by atoms with Crippen molar-refractivity contribution >= 4 is 22.9 Å². The highest BCUT2D eigenvalue weighted by atomic mass is 16.4. The van der Waals surface area contributed by atoms with Crippen LogP contribution >= 0.6 is 0 Å². The van der Waals surface area contributed by atoms with Gasteiger partial charge in [-0.25, -0.2) is 4.79 Å². The number of aromatic nitrogens is 1. The van der Waals surface area contributed by atoms with Crippen LogP contribution in [0.15, 0.2) is 30.5 Å². The Morgan fingerprint density at radius 1 is 1.26 bits per heavy atom. The molecule has 0 aliphatic carbocycles. The zero-order valence-corrected chi connectivity index (χ0v) is 12.7. The van der Waals surface area contributed by atoms with Crippen molar-refractivity contribution in [1.82, 2.24) is 15.6 Å². The van der Waals surface area contributed by atoms with Gasteiger partial charge in [0.05, 0.1) is 12.6 Å². The average Bonchev–Trinajstić information content (AvgIpc) is 2.94. The summed E-state index contributed by atoms with van der Waals surface area (Å²) in [7, 11) is 0. The Bertz CT molecular complexity index is 668. The van der Waals surface area contributed by atoms with Gasteiger partial charge in [-0.05, 0) is 24.5 Å². The normalized spacial score (nSPS) is 12.0. The number of benzene rings is 1. The van der Waals surface area contributed by atoms with Crippen LogP contribution in [0, 0.1) is 0 Å². The molecule has 0 spiro atoms. The van der Waals surface area contributed by atoms with Crippen LogP contribution in [-0.4, -0.2) is 46.4 Å². The van der Waals surface area contributed by atoms with Crippen molar-refractivity contribution in [2.45, 2.75) is 25.3 Å². The van der Waals surface area contributed by atoms with Crippen molar-refractivity contribution in [3.8, 4) is 0 Å². The fourth-order valence-electron chi connectivity index (χ4n) is 2.41. The van der Waals surface area contributed by atoms with Gasteiger partial charge in [0.2, 0.25) is 0 Å². The number of carbonyl (C=O) groups is 2. The van der Waals surface area contributed by atoms with Gasteiger partial charge in [-0.2, -0.15) is 0 Å². The summed E-state index contributed by atoms with van der Waals surface area (Å²) in [6.07, 6.45) is 2.76. The molecule has 1 aromatic carbocycles. The van der Waals surface area contributed by atoms with E-state index < -0.39 is 18.0 Å². The average molecular weight is 319 g/mol. The summed E-state index contributed by atoms with van der Waals surface area (Å²) in [5, 5.41) is 24.3. The number of fused-ring (bicyclic) bond motifs is 1. The first-order chi connectivity index (χ1) is 11.1. The Balaban J connectivity index is 1.85. The zero-order valence-electron chi connectivity index (χ0n) is 12.7. The number of aromatic amines is 1. The van der Waals surface area contributed by atoms with Crippen molar-refractivity contribution < 1.29 is 19.8 Å². The van der Waals surface area contributed by atoms with E-state index >= 15 is 0 Å². The second kappa shape index (κ2) is 8.19. The van der Waals surface area contributed by atoms with Gasteiger partial charge >= 0.3 is 12.0 Å². The molecule has 2 aromatic rings. The quantitative estimate of drug-likeness (QED) is 0.471. The summed E-state index contributed by atoms with van der Waals surface area (Å²) >= 11 is 0. The van der Waals surface area contributed by atoms with Gasteiger partial charge in [0, 0.05) is 30.1 Å². The van der Waals surface area contributed by atoms with E-state index in [0.717, 1.165) is 16.5 Å². The van der Waals surface area contributed by atoms with Crippen LogP contribution in [0.4, 0.5) is 4.79 Å². The molecule has 7 nitrogen and oxygen atoms in total. The number of para-hydroxylation sites is 1. The fourth-order valence-corrected chi connectivity index (χ4v) is 2.41. The summed E-state index contributed by atoms with van der Waals surface area (Å²) in [4.78, 5) is 25.3. The van der Waals surface area contributed by atoms with Gasteiger partial charge in [-0.1, -0.05) is 18.2 Å². The lowest BCUT2D eigenvalue weighted by Gasteiger charge is -2.16. The third-order valence-corrected chi connectivity index (χ3v) is 3.55. The molecule has 23 heavy (non-hydrogen) atoms. The van der Waals surface area contributed by atoms with E-state index in [4.69, 9.17) is 5.11 Å². The third-order valence-electron chi connectivity index (χ3n) is 3.55. The molecule has 124 valence electrons. The van der Waals surface area contributed by atoms with Gasteiger partial charge in [0.15, 0.2) is 0 Å². The van der Waals surface area contributed by atoms with Crippen molar-refractivity contribution in [3.63, 3.8) is 0 Å². The number of H-pyrrole nitrogens is 1. The second-order valence-electron chi connectivity index (χ2n) is 5.34. The molecule has 2 rings (SSSR count). The smallest absolute Gasteiger partial charge is 0.315 e. The summed E-state index contributed by atoms with van der Waals surface area (Å²) < 4.78 is 0. The summed E-state index contributed by atoms with van der Waals surface area (Å²) in [5.41, 5.74) is 2.03. The van der Waals surface area contributed by atoms with Gasteiger partial charge in [-0.3, -0.25) is 4.79 Å². The maximum absolute atomic E-state index is 11.8. The van der Waals surface area contributed by atoms with Crippen LogP contribution in [0.5, 0.6) is 0 Å². The van der Waals surface area contributed by atoms with Gasteiger partial charge in [0.25, 0.3) is 0 Å². The van der Waals surface area contributed by atoms with Crippen molar-refractivity contribution in [1.29, 1.82) is 0 Å². The first-order valence-electron chi connectivity index (χ1n) is 7.52. The summed E-state index contributed by atoms with van der Waals surface area (Å²) in [6.45, 7) is 0.103. The molecule has 0 aliphatic rings. The molecule has 0 fully saturated rings.